The Labute approximate surface area is 145 Å². The molecule has 1 aliphatic rings. The lowest BCUT2D eigenvalue weighted by Gasteiger charge is -2.41. The Morgan fingerprint density at radius 2 is 1.91 bits per heavy atom. The summed E-state index contributed by atoms with van der Waals surface area (Å²) in [5.41, 5.74) is 2.87. The highest BCUT2D eigenvalue weighted by Crippen LogP contribution is 2.33. The third-order valence-electron chi connectivity index (χ3n) is 3.77. The monoisotopic (exact) mass is 373 g/mol. The van der Waals surface area contributed by atoms with Gasteiger partial charge in [0.05, 0.1) is 17.9 Å². The molecule has 1 heterocycles. The average molecular weight is 374 g/mol. The molecule has 0 fully saturated rings. The highest BCUT2D eigenvalue weighted by molar-refractivity contribution is 9.10. The Bertz CT molecular complexity index is 712. The molecule has 0 saturated heterocycles. The van der Waals surface area contributed by atoms with Crippen LogP contribution in [0.15, 0.2) is 53.0 Å². The van der Waals surface area contributed by atoms with E-state index in [1.165, 1.54) is 0 Å². The number of hydrogen-bond acceptors (Lipinski definition) is 3. The second-order valence-corrected chi connectivity index (χ2v) is 7.35. The minimum atomic E-state index is -0.0771. The zero-order chi connectivity index (χ0) is 16.4. The number of carbonyl (C=O) groups is 1. The summed E-state index contributed by atoms with van der Waals surface area (Å²) in [6.45, 7) is 5.39. The van der Waals surface area contributed by atoms with Gasteiger partial charge in [-0.3, -0.25) is 4.79 Å². The van der Waals surface area contributed by atoms with E-state index in [4.69, 9.17) is 0 Å². The van der Waals surface area contributed by atoms with Crippen LogP contribution in [0.4, 0.5) is 17.1 Å². The Morgan fingerprint density at radius 1 is 1.22 bits per heavy atom. The molecule has 0 unspecified atom stereocenters. The van der Waals surface area contributed by atoms with Crippen LogP contribution in [0.1, 0.15) is 13.8 Å². The van der Waals surface area contributed by atoms with Crippen LogP contribution in [-0.4, -0.2) is 24.5 Å². The first-order valence-electron chi connectivity index (χ1n) is 7.60. The van der Waals surface area contributed by atoms with Gasteiger partial charge in [-0.2, -0.15) is 0 Å². The van der Waals surface area contributed by atoms with Crippen molar-refractivity contribution in [2.45, 2.75) is 19.4 Å². The summed E-state index contributed by atoms with van der Waals surface area (Å²) in [6, 6.07) is 15.7. The van der Waals surface area contributed by atoms with Gasteiger partial charge in [0.1, 0.15) is 0 Å². The fourth-order valence-corrected chi connectivity index (χ4v) is 3.13. The number of hydrogen-bond donors (Lipinski definition) is 2. The topological polar surface area (TPSA) is 44.4 Å². The first-order valence-corrected chi connectivity index (χ1v) is 8.40. The maximum Gasteiger partial charge on any atom is 0.243 e. The number of nitrogens with one attached hydrogen (secondary N) is 2. The second-order valence-electron chi connectivity index (χ2n) is 6.44. The summed E-state index contributed by atoms with van der Waals surface area (Å²) < 4.78 is 0.994. The van der Waals surface area contributed by atoms with Crippen LogP contribution in [0, 0.1) is 0 Å². The number of halogens is 1. The van der Waals surface area contributed by atoms with Crippen molar-refractivity contribution < 1.29 is 4.79 Å². The molecule has 0 radical (unpaired) electrons. The molecule has 0 atom stereocenters. The second kappa shape index (κ2) is 6.24. The number of amides is 1. The molecule has 2 aromatic rings. The molecule has 23 heavy (non-hydrogen) atoms. The molecule has 1 amide bonds. The van der Waals surface area contributed by atoms with E-state index in [0.717, 1.165) is 28.1 Å². The molecule has 0 bridgehead atoms. The van der Waals surface area contributed by atoms with Gasteiger partial charge in [-0.05, 0) is 50.2 Å². The normalized spacial score (nSPS) is 15.5. The number of carbonyl (C=O) groups excluding carboxylic acids is 1. The van der Waals surface area contributed by atoms with Crippen molar-refractivity contribution in [3.8, 4) is 0 Å². The van der Waals surface area contributed by atoms with Crippen LogP contribution in [0.5, 0.6) is 0 Å². The van der Waals surface area contributed by atoms with Crippen LogP contribution >= 0.6 is 15.9 Å². The first kappa shape index (κ1) is 15.9. The summed E-state index contributed by atoms with van der Waals surface area (Å²) >= 11 is 3.39. The quantitative estimate of drug-likeness (QED) is 0.850. The van der Waals surface area contributed by atoms with Gasteiger partial charge < -0.3 is 15.5 Å². The Balaban J connectivity index is 1.74. The van der Waals surface area contributed by atoms with E-state index in [-0.39, 0.29) is 11.4 Å². The van der Waals surface area contributed by atoms with E-state index in [1.54, 1.807) is 0 Å². The molecule has 0 aromatic heterocycles. The number of anilines is 3. The lowest BCUT2D eigenvalue weighted by Crippen LogP contribution is -2.50. The maximum absolute atomic E-state index is 12.4. The zero-order valence-corrected chi connectivity index (χ0v) is 14.9. The standard InChI is InChI=1S/C18H20BrN3O/c1-18(2)12-22(16-6-4-3-5-15(16)21-18)11-17(23)20-14-9-7-13(19)8-10-14/h3-10,21H,11-12H2,1-2H3,(H,20,23). The van der Waals surface area contributed by atoms with Crippen LogP contribution < -0.4 is 15.5 Å². The van der Waals surface area contributed by atoms with E-state index < -0.39 is 0 Å². The third-order valence-corrected chi connectivity index (χ3v) is 4.30. The molecule has 120 valence electrons. The number of nitrogens with zero attached hydrogens (tertiary/aromatic N) is 1. The van der Waals surface area contributed by atoms with Gasteiger partial charge in [0.25, 0.3) is 0 Å². The maximum atomic E-state index is 12.4. The lowest BCUT2D eigenvalue weighted by molar-refractivity contribution is -0.115. The van der Waals surface area contributed by atoms with E-state index in [2.05, 4.69) is 51.4 Å². The van der Waals surface area contributed by atoms with Crippen molar-refractivity contribution in [3.63, 3.8) is 0 Å². The minimum absolute atomic E-state index is 0.0141. The Hall–Kier alpha value is -2.01. The first-order chi connectivity index (χ1) is 10.9. The van der Waals surface area contributed by atoms with Crippen LogP contribution in [0.3, 0.4) is 0 Å². The van der Waals surface area contributed by atoms with E-state index in [0.29, 0.717) is 6.54 Å². The van der Waals surface area contributed by atoms with Gasteiger partial charge in [-0.1, -0.05) is 28.1 Å². The molecule has 2 N–H and O–H groups in total. The molecule has 4 nitrogen and oxygen atoms in total. The zero-order valence-electron chi connectivity index (χ0n) is 13.3. The SMILES string of the molecule is CC1(C)CN(CC(=O)Nc2ccc(Br)cc2)c2ccccc2N1. The summed E-state index contributed by atoms with van der Waals surface area (Å²) in [7, 11) is 0. The van der Waals surface area contributed by atoms with Gasteiger partial charge in [0.15, 0.2) is 0 Å². The summed E-state index contributed by atoms with van der Waals surface area (Å²) in [5.74, 6) is -0.0141. The summed E-state index contributed by atoms with van der Waals surface area (Å²) in [4.78, 5) is 14.5. The highest BCUT2D eigenvalue weighted by atomic mass is 79.9. The van der Waals surface area contributed by atoms with E-state index in [1.807, 2.05) is 42.5 Å². The predicted molar refractivity (Wildman–Crippen MR) is 99.1 cm³/mol. The lowest BCUT2D eigenvalue weighted by atomic mass is 9.99. The molecular formula is C18H20BrN3O. The summed E-state index contributed by atoms with van der Waals surface area (Å²) in [6.07, 6.45) is 0. The van der Waals surface area contributed by atoms with E-state index in [9.17, 15) is 4.79 Å². The Morgan fingerprint density at radius 3 is 2.65 bits per heavy atom. The highest BCUT2D eigenvalue weighted by Gasteiger charge is 2.30. The van der Waals surface area contributed by atoms with Crippen LogP contribution in [0.2, 0.25) is 0 Å². The molecule has 5 heteroatoms. The molecule has 0 spiro atoms. The van der Waals surface area contributed by atoms with Crippen molar-refractivity contribution in [2.75, 3.05) is 28.6 Å². The smallest absolute Gasteiger partial charge is 0.243 e. The van der Waals surface area contributed by atoms with Gasteiger partial charge in [-0.25, -0.2) is 0 Å². The van der Waals surface area contributed by atoms with Gasteiger partial charge in [0.2, 0.25) is 5.91 Å². The minimum Gasteiger partial charge on any atom is -0.377 e. The van der Waals surface area contributed by atoms with Crippen molar-refractivity contribution in [1.82, 2.24) is 0 Å². The third kappa shape index (κ3) is 3.85. The molecule has 3 rings (SSSR count). The van der Waals surface area contributed by atoms with Crippen LogP contribution in [-0.2, 0) is 4.79 Å². The van der Waals surface area contributed by atoms with Crippen molar-refractivity contribution >= 4 is 38.9 Å². The molecule has 1 aliphatic heterocycles. The van der Waals surface area contributed by atoms with Crippen LogP contribution in [0.25, 0.3) is 0 Å². The Kier molecular flexibility index (Phi) is 4.31. The number of benzene rings is 2. The van der Waals surface area contributed by atoms with E-state index >= 15 is 0 Å². The van der Waals surface area contributed by atoms with Gasteiger partial charge >= 0.3 is 0 Å². The largest absolute Gasteiger partial charge is 0.377 e. The molecular weight excluding hydrogens is 354 g/mol. The van der Waals surface area contributed by atoms with Crippen molar-refractivity contribution in [1.29, 1.82) is 0 Å². The number of para-hydroxylation sites is 2. The number of fused-ring (bicyclic) bond motifs is 1. The molecule has 2 aromatic carbocycles. The van der Waals surface area contributed by atoms with Gasteiger partial charge in [0, 0.05) is 22.2 Å². The van der Waals surface area contributed by atoms with Gasteiger partial charge in [-0.15, -0.1) is 0 Å². The number of rotatable bonds is 3. The fourth-order valence-electron chi connectivity index (χ4n) is 2.87. The fraction of sp³-hybridized carbons (Fsp3) is 0.278. The predicted octanol–water partition coefficient (Wildman–Crippen LogP) is 4.10. The average Bonchev–Trinajstić information content (AvgIpc) is 2.48. The molecule has 0 saturated carbocycles. The molecule has 0 aliphatic carbocycles. The summed E-state index contributed by atoms with van der Waals surface area (Å²) in [5, 5.41) is 6.47. The van der Waals surface area contributed by atoms with Crippen molar-refractivity contribution in [2.24, 2.45) is 0 Å². The van der Waals surface area contributed by atoms with Crippen molar-refractivity contribution in [3.05, 3.63) is 53.0 Å².